The maximum atomic E-state index is 13.2. The van der Waals surface area contributed by atoms with Gasteiger partial charge in [-0.3, -0.25) is 0 Å². The summed E-state index contributed by atoms with van der Waals surface area (Å²) in [6.07, 6.45) is 0. The monoisotopic (exact) mass is 544 g/mol. The minimum atomic E-state index is -3.96. The second kappa shape index (κ2) is 8.99. The quantitative estimate of drug-likeness (QED) is 0.541. The van der Waals surface area contributed by atoms with Gasteiger partial charge in [0.15, 0.2) is 0 Å². The van der Waals surface area contributed by atoms with Crippen LogP contribution in [0.5, 0.6) is 0 Å². The van der Waals surface area contributed by atoms with Crippen molar-refractivity contribution in [1.29, 1.82) is 0 Å². The molecule has 0 aromatic heterocycles. The van der Waals surface area contributed by atoms with Gasteiger partial charge in [-0.1, -0.05) is 46.4 Å². The van der Waals surface area contributed by atoms with E-state index in [4.69, 9.17) is 46.4 Å². The van der Waals surface area contributed by atoms with E-state index in [2.05, 4.69) is 0 Å². The second-order valence-corrected chi connectivity index (χ2v) is 12.8. The zero-order valence-corrected chi connectivity index (χ0v) is 21.5. The lowest BCUT2D eigenvalue weighted by atomic mass is 10.2. The maximum absolute atomic E-state index is 13.2. The van der Waals surface area contributed by atoms with Crippen molar-refractivity contribution in [1.82, 2.24) is 8.61 Å². The summed E-state index contributed by atoms with van der Waals surface area (Å²) in [6, 6.07) is 4.99. The smallest absolute Gasteiger partial charge is 0.207 e. The molecule has 0 amide bonds. The van der Waals surface area contributed by atoms with Crippen LogP contribution in [0.3, 0.4) is 0 Å². The third-order valence-corrected chi connectivity index (χ3v) is 10.8. The normalized spacial score (nSPS) is 19.0. The second-order valence-electron chi connectivity index (χ2n) is 7.39. The van der Waals surface area contributed by atoms with Crippen LogP contribution in [0.4, 0.5) is 0 Å². The van der Waals surface area contributed by atoms with E-state index in [0.717, 1.165) is 0 Å². The third kappa shape index (κ3) is 4.73. The summed E-state index contributed by atoms with van der Waals surface area (Å²) in [6.45, 7) is 4.90. The Bertz CT molecular complexity index is 1250. The predicted molar refractivity (Wildman–Crippen MR) is 125 cm³/mol. The molecule has 0 saturated carbocycles. The highest BCUT2D eigenvalue weighted by Gasteiger charge is 2.39. The molecule has 0 radical (unpaired) electrons. The zero-order valence-electron chi connectivity index (χ0n) is 16.9. The van der Waals surface area contributed by atoms with Crippen LogP contribution >= 0.6 is 46.4 Å². The Labute approximate surface area is 202 Å². The molecular weight excluding hydrogens is 526 g/mol. The molecule has 6 nitrogen and oxygen atoms in total. The van der Waals surface area contributed by atoms with E-state index in [0.29, 0.717) is 21.2 Å². The number of halogens is 4. The minimum absolute atomic E-state index is 0.0151. The van der Waals surface area contributed by atoms with Crippen molar-refractivity contribution in [2.45, 2.75) is 36.6 Å². The molecule has 1 aliphatic rings. The number of nitrogens with zero attached hydrogens (tertiary/aromatic N) is 2. The van der Waals surface area contributed by atoms with Crippen LogP contribution in [0.2, 0.25) is 20.1 Å². The lowest BCUT2D eigenvalue weighted by Gasteiger charge is -2.38. The number of sulfonamides is 2. The first-order chi connectivity index (χ1) is 14.3. The Balaban J connectivity index is 1.90. The van der Waals surface area contributed by atoms with Crippen molar-refractivity contribution < 1.29 is 16.8 Å². The van der Waals surface area contributed by atoms with Crippen LogP contribution in [0.15, 0.2) is 34.1 Å². The van der Waals surface area contributed by atoms with E-state index in [9.17, 15) is 16.8 Å². The number of aryl methyl sites for hydroxylation is 2. The van der Waals surface area contributed by atoms with Gasteiger partial charge >= 0.3 is 0 Å². The Kier molecular flexibility index (Phi) is 7.26. The lowest BCUT2D eigenvalue weighted by Crippen LogP contribution is -2.55. The molecule has 2 aromatic carbocycles. The zero-order chi connectivity index (χ0) is 23.3. The molecule has 31 heavy (non-hydrogen) atoms. The van der Waals surface area contributed by atoms with Gasteiger partial charge in [0.05, 0.1) is 10.0 Å². The van der Waals surface area contributed by atoms with Crippen molar-refractivity contribution in [3.63, 3.8) is 0 Å². The third-order valence-electron chi connectivity index (χ3n) is 5.16. The average molecular weight is 546 g/mol. The van der Waals surface area contributed by atoms with Crippen molar-refractivity contribution >= 4 is 66.5 Å². The van der Waals surface area contributed by atoms with Gasteiger partial charge in [-0.15, -0.1) is 0 Å². The fourth-order valence-corrected chi connectivity index (χ4v) is 8.15. The van der Waals surface area contributed by atoms with Gasteiger partial charge in [0.1, 0.15) is 9.79 Å². The summed E-state index contributed by atoms with van der Waals surface area (Å²) in [7, 11) is -7.90. The summed E-state index contributed by atoms with van der Waals surface area (Å²) < 4.78 is 55.3. The summed E-state index contributed by atoms with van der Waals surface area (Å²) in [5.74, 6) is 0. The first-order valence-electron chi connectivity index (χ1n) is 9.20. The molecule has 3 rings (SSSR count). The van der Waals surface area contributed by atoms with Crippen molar-refractivity contribution in [3.8, 4) is 0 Å². The summed E-state index contributed by atoms with van der Waals surface area (Å²) in [4.78, 5) is -0.119. The highest BCUT2D eigenvalue weighted by molar-refractivity contribution is 7.89. The van der Waals surface area contributed by atoms with E-state index < -0.39 is 26.1 Å². The first kappa shape index (κ1) is 25.1. The van der Waals surface area contributed by atoms with Gasteiger partial charge in [-0.25, -0.2) is 16.8 Å². The van der Waals surface area contributed by atoms with Crippen LogP contribution in [0.1, 0.15) is 18.1 Å². The van der Waals surface area contributed by atoms with E-state index in [-0.39, 0.29) is 39.5 Å². The van der Waals surface area contributed by atoms with E-state index in [1.807, 2.05) is 0 Å². The minimum Gasteiger partial charge on any atom is -0.207 e. The number of hydrogen-bond donors (Lipinski definition) is 0. The van der Waals surface area contributed by atoms with Crippen LogP contribution in [-0.2, 0) is 20.0 Å². The van der Waals surface area contributed by atoms with Crippen LogP contribution in [0, 0.1) is 13.8 Å². The summed E-state index contributed by atoms with van der Waals surface area (Å²) in [5, 5.41) is 0.759. The molecule has 2 aromatic rings. The molecular formula is C19H20Cl4N2O4S2. The maximum Gasteiger partial charge on any atom is 0.244 e. The molecule has 0 unspecified atom stereocenters. The Morgan fingerprint density at radius 3 is 1.65 bits per heavy atom. The molecule has 1 fully saturated rings. The van der Waals surface area contributed by atoms with Gasteiger partial charge in [0.2, 0.25) is 20.0 Å². The highest BCUT2D eigenvalue weighted by Crippen LogP contribution is 2.34. The molecule has 1 heterocycles. The standard InChI is InChI=1S/C19H20Cl4N2O4S2/c1-11-6-18(16(22)8-14(11)20)30(26,27)24-4-5-25(13(3)10-24)31(28,29)19-7-12(2)15(21)9-17(19)23/h6-9,13H,4-5,10H2,1-3H3/t13-/m1/s1. The van der Waals surface area contributed by atoms with Crippen LogP contribution in [0.25, 0.3) is 0 Å². The fourth-order valence-electron chi connectivity index (χ4n) is 3.41. The van der Waals surface area contributed by atoms with Crippen LogP contribution < -0.4 is 0 Å². The Hall–Kier alpha value is -0.580. The Morgan fingerprint density at radius 2 is 1.19 bits per heavy atom. The fraction of sp³-hybridized carbons (Fsp3) is 0.368. The predicted octanol–water partition coefficient (Wildman–Crippen LogP) is 5.00. The number of piperazine rings is 1. The summed E-state index contributed by atoms with van der Waals surface area (Å²) in [5.41, 5.74) is 1.15. The summed E-state index contributed by atoms with van der Waals surface area (Å²) >= 11 is 24.4. The molecule has 12 heteroatoms. The molecule has 1 saturated heterocycles. The largest absolute Gasteiger partial charge is 0.244 e. The SMILES string of the molecule is Cc1cc(S(=O)(=O)N2CCN(S(=O)(=O)c3cc(C)c(Cl)cc3Cl)[C@H](C)C2)c(Cl)cc1Cl. The van der Waals surface area contributed by atoms with Crippen molar-refractivity contribution in [2.75, 3.05) is 19.6 Å². The first-order valence-corrected chi connectivity index (χ1v) is 13.6. The lowest BCUT2D eigenvalue weighted by molar-refractivity contribution is 0.212. The Morgan fingerprint density at radius 1 is 0.742 bits per heavy atom. The molecule has 0 bridgehead atoms. The van der Waals surface area contributed by atoms with Gasteiger partial charge in [-0.2, -0.15) is 8.61 Å². The number of hydrogen-bond acceptors (Lipinski definition) is 4. The average Bonchev–Trinajstić information content (AvgIpc) is 2.66. The number of benzene rings is 2. The molecule has 1 aliphatic heterocycles. The van der Waals surface area contributed by atoms with Crippen molar-refractivity contribution in [2.24, 2.45) is 0 Å². The van der Waals surface area contributed by atoms with Gasteiger partial charge in [0.25, 0.3) is 0 Å². The van der Waals surface area contributed by atoms with Gasteiger partial charge in [0, 0.05) is 35.7 Å². The highest BCUT2D eigenvalue weighted by atomic mass is 35.5. The van der Waals surface area contributed by atoms with E-state index >= 15 is 0 Å². The molecule has 0 spiro atoms. The van der Waals surface area contributed by atoms with Crippen LogP contribution in [-0.4, -0.2) is 51.1 Å². The molecule has 0 aliphatic carbocycles. The van der Waals surface area contributed by atoms with Gasteiger partial charge in [-0.05, 0) is 56.2 Å². The molecule has 0 N–H and O–H groups in total. The van der Waals surface area contributed by atoms with E-state index in [1.54, 1.807) is 20.8 Å². The van der Waals surface area contributed by atoms with E-state index in [1.165, 1.54) is 32.9 Å². The van der Waals surface area contributed by atoms with Gasteiger partial charge < -0.3 is 0 Å². The molecule has 170 valence electrons. The van der Waals surface area contributed by atoms with Crippen molar-refractivity contribution in [3.05, 3.63) is 55.5 Å². The number of rotatable bonds is 4. The molecule has 1 atom stereocenters. The topological polar surface area (TPSA) is 74.8 Å².